The predicted molar refractivity (Wildman–Crippen MR) is 353 cm³/mol. The number of phosphoric ester groups is 1. The quantitative estimate of drug-likeness (QED) is 0.0212. The Morgan fingerprint density at radius 1 is 0.439 bits per heavy atom. The van der Waals surface area contributed by atoms with E-state index in [4.69, 9.17) is 13.8 Å². The lowest BCUT2D eigenvalue weighted by molar-refractivity contribution is -0.870. The van der Waals surface area contributed by atoms with Gasteiger partial charge in [-0.1, -0.05) is 313 Å². The highest BCUT2D eigenvalue weighted by atomic mass is 31.2. The summed E-state index contributed by atoms with van der Waals surface area (Å²) in [6.07, 6.45) is 79.3. The minimum atomic E-state index is -4.71. The summed E-state index contributed by atoms with van der Waals surface area (Å²) in [6, 6.07) is -0.905. The van der Waals surface area contributed by atoms with E-state index >= 15 is 0 Å². The van der Waals surface area contributed by atoms with E-state index in [9.17, 15) is 19.0 Å². The van der Waals surface area contributed by atoms with Gasteiger partial charge < -0.3 is 28.5 Å². The number of nitrogens with one attached hydrogen (secondary N) is 1. The number of amides is 1. The molecule has 0 bridgehead atoms. The highest BCUT2D eigenvalue weighted by Crippen LogP contribution is 2.38. The van der Waals surface area contributed by atoms with Gasteiger partial charge in [0, 0.05) is 12.8 Å². The highest BCUT2D eigenvalue weighted by Gasteiger charge is 2.27. The predicted octanol–water partition coefficient (Wildman–Crippen LogP) is 21.5. The number of ether oxygens (including phenoxy) is 1. The monoisotopic (exact) mass is 1170 g/mol. The van der Waals surface area contributed by atoms with Crippen LogP contribution >= 0.6 is 7.82 Å². The molecule has 1 N–H and O–H groups in total. The second kappa shape index (κ2) is 61.8. The van der Waals surface area contributed by atoms with Crippen LogP contribution in [0.5, 0.6) is 0 Å². The summed E-state index contributed by atoms with van der Waals surface area (Å²) in [5.41, 5.74) is 0. The number of hydrogen-bond donors (Lipinski definition) is 1. The Labute approximate surface area is 509 Å². The van der Waals surface area contributed by atoms with Crippen molar-refractivity contribution in [3.63, 3.8) is 0 Å². The van der Waals surface area contributed by atoms with Crippen molar-refractivity contribution in [3.05, 3.63) is 60.8 Å². The van der Waals surface area contributed by atoms with Gasteiger partial charge in [-0.2, -0.15) is 0 Å². The minimum Gasteiger partial charge on any atom is -0.756 e. The van der Waals surface area contributed by atoms with E-state index in [1.807, 2.05) is 33.3 Å². The van der Waals surface area contributed by atoms with E-state index in [0.717, 1.165) is 83.5 Å². The third-order valence-corrected chi connectivity index (χ3v) is 16.7. The summed E-state index contributed by atoms with van der Waals surface area (Å²) in [5.74, 6) is -0.565. The van der Waals surface area contributed by atoms with Crippen LogP contribution in [0.25, 0.3) is 0 Å². The highest BCUT2D eigenvalue weighted by molar-refractivity contribution is 7.45. The van der Waals surface area contributed by atoms with Gasteiger partial charge in [-0.15, -0.1) is 0 Å². The lowest BCUT2D eigenvalue weighted by Gasteiger charge is -2.30. The van der Waals surface area contributed by atoms with Crippen molar-refractivity contribution in [3.8, 4) is 0 Å². The topological polar surface area (TPSA) is 114 Å². The minimum absolute atomic E-state index is 0.0286. The molecule has 0 fully saturated rings. The van der Waals surface area contributed by atoms with Crippen LogP contribution in [0.15, 0.2) is 60.8 Å². The van der Waals surface area contributed by atoms with Crippen molar-refractivity contribution in [2.24, 2.45) is 0 Å². The summed E-state index contributed by atoms with van der Waals surface area (Å²) >= 11 is 0. The Kier molecular flexibility index (Phi) is 60.1. The number of likely N-dealkylation sites (N-methyl/N-ethyl adjacent to an activating group) is 1. The number of carbonyl (C=O) groups is 2. The zero-order valence-corrected chi connectivity index (χ0v) is 55.8. The molecule has 3 atom stereocenters. The van der Waals surface area contributed by atoms with Crippen molar-refractivity contribution < 1.29 is 37.3 Å². The number of phosphoric acid groups is 1. The zero-order chi connectivity index (χ0) is 60.0. The summed E-state index contributed by atoms with van der Waals surface area (Å²) in [6.45, 7) is 6.75. The van der Waals surface area contributed by atoms with Crippen LogP contribution in [-0.2, 0) is 27.9 Å². The maximum atomic E-state index is 13.5. The molecular formula is C72H135N2O7P. The maximum absolute atomic E-state index is 13.5. The molecule has 0 aromatic heterocycles. The van der Waals surface area contributed by atoms with Crippen LogP contribution in [0.1, 0.15) is 335 Å². The smallest absolute Gasteiger partial charge is 0.306 e. The third-order valence-electron chi connectivity index (χ3n) is 15.7. The van der Waals surface area contributed by atoms with Gasteiger partial charge in [-0.25, -0.2) is 0 Å². The molecule has 0 heterocycles. The molecule has 0 aromatic rings. The first-order chi connectivity index (χ1) is 39.9. The fourth-order valence-corrected chi connectivity index (χ4v) is 11.1. The van der Waals surface area contributed by atoms with Crippen molar-refractivity contribution in [2.75, 3.05) is 40.9 Å². The molecule has 0 rings (SSSR count). The molecule has 0 aromatic carbocycles. The summed E-state index contributed by atoms with van der Waals surface area (Å²) in [5, 5.41) is 3.02. The van der Waals surface area contributed by atoms with E-state index in [2.05, 4.69) is 74.7 Å². The molecule has 480 valence electrons. The van der Waals surface area contributed by atoms with Crippen LogP contribution in [0, 0.1) is 0 Å². The molecule has 1 amide bonds. The van der Waals surface area contributed by atoms with E-state index in [1.165, 1.54) is 212 Å². The lowest BCUT2D eigenvalue weighted by atomic mass is 10.0. The number of hydrogen-bond acceptors (Lipinski definition) is 7. The standard InChI is InChI=1S/C72H135N2O7P/c1-7-10-13-16-19-22-25-28-30-32-33-34-35-36-37-38-39-40-41-42-44-47-50-53-56-59-62-65-72(76)81-70(63-60-57-54-51-48-45-27-24-21-18-15-12-9-3)69(68-80-82(77,78)79-67-66-74(4,5)6)73-71(75)64-61-58-55-52-49-46-43-31-29-26-23-20-17-14-11-8-2/h11,14,20,23,29,31,46,49,60,63,69-70H,7-10,12-13,15-19,21-22,24-28,30,32-45,47-48,50-59,61-62,64-68H2,1-6H3,(H-,73,75,77,78)/b14-11+,23-20+,31-29+,49-46+,63-60-. The molecule has 0 aliphatic carbocycles. The van der Waals surface area contributed by atoms with E-state index in [1.54, 1.807) is 0 Å². The molecule has 10 heteroatoms. The van der Waals surface area contributed by atoms with Gasteiger partial charge in [0.2, 0.25) is 5.91 Å². The number of nitrogens with zero attached hydrogens (tertiary/aromatic N) is 1. The van der Waals surface area contributed by atoms with Gasteiger partial charge in [0.25, 0.3) is 7.82 Å². The Balaban J connectivity index is 5.04. The summed E-state index contributed by atoms with van der Waals surface area (Å²) in [7, 11) is 1.17. The first-order valence-corrected chi connectivity index (χ1v) is 36.6. The van der Waals surface area contributed by atoms with Gasteiger partial charge in [0.05, 0.1) is 33.8 Å². The van der Waals surface area contributed by atoms with Crippen LogP contribution < -0.4 is 10.2 Å². The van der Waals surface area contributed by atoms with E-state index in [0.29, 0.717) is 17.4 Å². The Bertz CT molecular complexity index is 1590. The lowest BCUT2D eigenvalue weighted by Crippen LogP contribution is -2.47. The van der Waals surface area contributed by atoms with Gasteiger partial charge >= 0.3 is 5.97 Å². The number of carbonyl (C=O) groups excluding carboxylic acids is 2. The maximum Gasteiger partial charge on any atom is 0.306 e. The van der Waals surface area contributed by atoms with Crippen LogP contribution in [0.2, 0.25) is 0 Å². The molecule has 9 nitrogen and oxygen atoms in total. The number of rotatable bonds is 64. The molecule has 0 spiro atoms. The van der Waals surface area contributed by atoms with Crippen molar-refractivity contribution in [1.29, 1.82) is 0 Å². The van der Waals surface area contributed by atoms with E-state index in [-0.39, 0.29) is 31.3 Å². The van der Waals surface area contributed by atoms with Crippen LogP contribution in [0.3, 0.4) is 0 Å². The molecule has 0 saturated heterocycles. The number of allylic oxidation sites excluding steroid dienone is 9. The van der Waals surface area contributed by atoms with Crippen molar-refractivity contribution in [2.45, 2.75) is 348 Å². The second-order valence-electron chi connectivity index (χ2n) is 25.0. The third kappa shape index (κ3) is 62.2. The SMILES string of the molecule is CC/C=C/C/C=C/C/C=C/C/C=C/CCCCCC(=O)NC(COP(=O)([O-])OCC[N+](C)(C)C)C(/C=C\CCCCCCCCCCCCC)OC(=O)CCCCCCCCCCCCCCCCCCCCCCCCCCCCC. The molecule has 82 heavy (non-hydrogen) atoms. The molecule has 0 aliphatic rings. The van der Waals surface area contributed by atoms with E-state index < -0.39 is 26.6 Å². The van der Waals surface area contributed by atoms with Gasteiger partial charge in [-0.3, -0.25) is 14.2 Å². The normalized spacial score (nSPS) is 13.9. The van der Waals surface area contributed by atoms with Crippen LogP contribution in [-0.4, -0.2) is 69.4 Å². The zero-order valence-electron chi connectivity index (χ0n) is 54.9. The molecule has 0 radical (unpaired) electrons. The average molecular weight is 1170 g/mol. The molecule has 0 saturated carbocycles. The fraction of sp³-hybridized carbons (Fsp3) is 0.833. The Morgan fingerprint density at radius 3 is 1.18 bits per heavy atom. The van der Waals surface area contributed by atoms with Crippen molar-refractivity contribution >= 4 is 19.7 Å². The van der Waals surface area contributed by atoms with Gasteiger partial charge in [-0.05, 0) is 70.3 Å². The Hall–Kier alpha value is -2.29. The Morgan fingerprint density at radius 2 is 0.780 bits per heavy atom. The molecule has 3 unspecified atom stereocenters. The second-order valence-corrected chi connectivity index (χ2v) is 26.4. The largest absolute Gasteiger partial charge is 0.756 e. The molecule has 0 aliphatic heterocycles. The number of unbranched alkanes of at least 4 members (excludes halogenated alkanes) is 40. The molecular weight excluding hydrogens is 1040 g/mol. The first kappa shape index (κ1) is 79.7. The average Bonchev–Trinajstić information content (AvgIpc) is 3.45. The summed E-state index contributed by atoms with van der Waals surface area (Å²) < 4.78 is 30.4. The fourth-order valence-electron chi connectivity index (χ4n) is 10.3. The van der Waals surface area contributed by atoms with Gasteiger partial charge in [0.1, 0.15) is 19.3 Å². The number of esters is 1. The first-order valence-electron chi connectivity index (χ1n) is 35.1. The van der Waals surface area contributed by atoms with Crippen LogP contribution in [0.4, 0.5) is 0 Å². The summed E-state index contributed by atoms with van der Waals surface area (Å²) in [4.78, 5) is 40.1. The number of quaternary nitrogens is 1. The van der Waals surface area contributed by atoms with Crippen molar-refractivity contribution in [1.82, 2.24) is 5.32 Å². The van der Waals surface area contributed by atoms with Gasteiger partial charge in [0.15, 0.2) is 0 Å².